The lowest BCUT2D eigenvalue weighted by molar-refractivity contribution is 0.590. The van der Waals surface area contributed by atoms with Crippen LogP contribution in [0.4, 0.5) is 0 Å². The van der Waals surface area contributed by atoms with Crippen molar-refractivity contribution in [2.24, 2.45) is 0 Å². The molecule has 9 rings (SSSR count). The van der Waals surface area contributed by atoms with Crippen molar-refractivity contribution in [3.63, 3.8) is 0 Å². The minimum Gasteiger partial charge on any atom is -0.340 e. The zero-order valence-electron chi connectivity index (χ0n) is 30.9. The van der Waals surface area contributed by atoms with E-state index in [1.165, 1.54) is 98.3 Å². The molecule has 0 radical (unpaired) electrons. The molecule has 0 saturated carbocycles. The maximum Gasteiger partial charge on any atom is 0.0571 e. The summed E-state index contributed by atoms with van der Waals surface area (Å²) in [5.41, 5.74) is 10.5. The highest BCUT2D eigenvalue weighted by Gasteiger charge is 2.27. The highest BCUT2D eigenvalue weighted by Crippen LogP contribution is 2.49. The summed E-state index contributed by atoms with van der Waals surface area (Å²) in [4.78, 5) is 0. The normalized spacial score (nSPS) is 12.7. The quantitative estimate of drug-likeness (QED) is 0.166. The summed E-state index contributed by atoms with van der Waals surface area (Å²) >= 11 is 0. The van der Waals surface area contributed by atoms with Gasteiger partial charge in [0, 0.05) is 28.4 Å². The van der Waals surface area contributed by atoms with Gasteiger partial charge in [-0.1, -0.05) is 139 Å². The van der Waals surface area contributed by atoms with Crippen molar-refractivity contribution in [1.29, 1.82) is 0 Å². The van der Waals surface area contributed by atoms with E-state index in [1.807, 2.05) is 0 Å². The number of hydrogen-bond acceptors (Lipinski definition) is 0. The predicted octanol–water partition coefficient (Wildman–Crippen LogP) is 14.4. The Morgan fingerprint density at radius 3 is 1.00 bits per heavy atom. The Balaban J connectivity index is 1.56. The first-order chi connectivity index (χ1) is 24.5. The molecule has 8 aromatic carbocycles. The summed E-state index contributed by atoms with van der Waals surface area (Å²) in [7, 11) is 0. The Bertz CT molecular complexity index is 2550. The van der Waals surface area contributed by atoms with Gasteiger partial charge in [0.05, 0.1) is 11.0 Å². The molecule has 1 aromatic heterocycles. The topological polar surface area (TPSA) is 4.93 Å². The van der Waals surface area contributed by atoms with Crippen LogP contribution in [-0.4, -0.2) is 4.57 Å². The third kappa shape index (κ3) is 4.89. The molecule has 51 heavy (non-hydrogen) atoms. The lowest BCUT2D eigenvalue weighted by atomic mass is 9.81. The average molecular weight is 660 g/mol. The van der Waals surface area contributed by atoms with E-state index >= 15 is 0 Å². The maximum absolute atomic E-state index is 2.64. The molecule has 1 nitrogen and oxygen atoms in total. The van der Waals surface area contributed by atoms with Crippen LogP contribution in [0.2, 0.25) is 0 Å². The van der Waals surface area contributed by atoms with E-state index in [2.05, 4.69) is 186 Å². The average Bonchev–Trinajstić information content (AvgIpc) is 3.45. The first kappa shape index (κ1) is 31.6. The number of nitrogens with zero attached hydrogens (tertiary/aromatic N) is 1. The first-order valence-electron chi connectivity index (χ1n) is 18.5. The largest absolute Gasteiger partial charge is 0.340 e. The van der Waals surface area contributed by atoms with Crippen LogP contribution >= 0.6 is 0 Å². The van der Waals surface area contributed by atoms with Crippen molar-refractivity contribution in [1.82, 2.24) is 4.57 Å². The summed E-state index contributed by atoms with van der Waals surface area (Å²) in [5.74, 6) is 0. The van der Waals surface area contributed by atoms with Crippen molar-refractivity contribution in [3.05, 3.63) is 145 Å². The second-order valence-corrected chi connectivity index (χ2v) is 16.5. The molecule has 0 saturated heterocycles. The van der Waals surface area contributed by atoms with Crippen molar-refractivity contribution in [2.75, 3.05) is 0 Å². The van der Waals surface area contributed by atoms with Crippen molar-refractivity contribution in [3.8, 4) is 22.3 Å². The molecule has 0 unspecified atom stereocenters. The first-order valence-corrected chi connectivity index (χ1v) is 18.5. The fourth-order valence-corrected chi connectivity index (χ4v) is 8.54. The molecule has 0 N–H and O–H groups in total. The number of rotatable bonds is 3. The van der Waals surface area contributed by atoms with Crippen LogP contribution < -0.4 is 0 Å². The Kier molecular flexibility index (Phi) is 7.00. The van der Waals surface area contributed by atoms with E-state index in [-0.39, 0.29) is 10.8 Å². The van der Waals surface area contributed by atoms with E-state index in [4.69, 9.17) is 0 Å². The fourth-order valence-electron chi connectivity index (χ4n) is 8.54. The fraction of sp³-hybridized carbons (Fsp3) is 0.200. The third-order valence-corrected chi connectivity index (χ3v) is 11.2. The summed E-state index contributed by atoms with van der Waals surface area (Å²) in [6.45, 7) is 17.3. The Labute approximate surface area is 301 Å². The molecule has 0 amide bonds. The van der Waals surface area contributed by atoms with E-state index in [1.54, 1.807) is 0 Å². The summed E-state index contributed by atoms with van der Waals surface area (Å²) in [6, 6.07) is 50.5. The molecule has 0 aliphatic carbocycles. The highest BCUT2D eigenvalue weighted by atomic mass is 15.0. The number of aromatic nitrogens is 1. The molecule has 1 heterocycles. The van der Waals surface area contributed by atoms with Gasteiger partial charge < -0.3 is 4.57 Å². The molecule has 0 spiro atoms. The molecular formula is C50H45N. The monoisotopic (exact) mass is 659 g/mol. The van der Waals surface area contributed by atoms with E-state index in [0.717, 1.165) is 6.54 Å². The second kappa shape index (κ2) is 11.3. The molecule has 0 atom stereocenters. The van der Waals surface area contributed by atoms with Gasteiger partial charge in [-0.3, -0.25) is 0 Å². The van der Waals surface area contributed by atoms with E-state index in [9.17, 15) is 0 Å². The van der Waals surface area contributed by atoms with Gasteiger partial charge in [0.25, 0.3) is 0 Å². The minimum absolute atomic E-state index is 0.0414. The highest BCUT2D eigenvalue weighted by molar-refractivity contribution is 6.24. The Hall–Kier alpha value is -5.40. The zero-order chi connectivity index (χ0) is 35.2. The number of aryl methyl sites for hydroxylation is 1. The van der Waals surface area contributed by atoms with Crippen molar-refractivity contribution >= 4 is 64.9 Å². The van der Waals surface area contributed by atoms with Gasteiger partial charge in [-0.15, -0.1) is 0 Å². The van der Waals surface area contributed by atoms with Gasteiger partial charge in [-0.25, -0.2) is 0 Å². The second-order valence-electron chi connectivity index (χ2n) is 16.5. The lowest BCUT2D eigenvalue weighted by Gasteiger charge is -2.23. The smallest absolute Gasteiger partial charge is 0.0571 e. The van der Waals surface area contributed by atoms with Crippen LogP contribution in [0.5, 0.6) is 0 Å². The molecule has 1 heteroatoms. The number of fused-ring (bicyclic) bond motifs is 7. The van der Waals surface area contributed by atoms with E-state index in [0.29, 0.717) is 0 Å². The van der Waals surface area contributed by atoms with Gasteiger partial charge in [-0.05, 0) is 119 Å². The molecule has 0 aliphatic heterocycles. The van der Waals surface area contributed by atoms with Crippen LogP contribution in [0.25, 0.3) is 87.1 Å². The van der Waals surface area contributed by atoms with Crippen LogP contribution in [0, 0.1) is 0 Å². The van der Waals surface area contributed by atoms with Gasteiger partial charge >= 0.3 is 0 Å². The van der Waals surface area contributed by atoms with Gasteiger partial charge in [0.15, 0.2) is 0 Å². The van der Waals surface area contributed by atoms with Crippen LogP contribution in [0.3, 0.4) is 0 Å². The van der Waals surface area contributed by atoms with Crippen LogP contribution in [0.15, 0.2) is 133 Å². The van der Waals surface area contributed by atoms with Crippen molar-refractivity contribution in [2.45, 2.75) is 65.8 Å². The molecule has 0 fully saturated rings. The van der Waals surface area contributed by atoms with E-state index < -0.39 is 0 Å². The van der Waals surface area contributed by atoms with Crippen LogP contribution in [0.1, 0.15) is 59.6 Å². The van der Waals surface area contributed by atoms with Gasteiger partial charge in [-0.2, -0.15) is 0 Å². The lowest BCUT2D eigenvalue weighted by Crippen LogP contribution is -2.11. The van der Waals surface area contributed by atoms with Gasteiger partial charge in [0.2, 0.25) is 0 Å². The number of benzene rings is 8. The summed E-state index contributed by atoms with van der Waals surface area (Å²) < 4.78 is 2.64. The van der Waals surface area contributed by atoms with Crippen LogP contribution in [-0.2, 0) is 17.4 Å². The zero-order valence-corrected chi connectivity index (χ0v) is 30.9. The predicted molar refractivity (Wildman–Crippen MR) is 223 cm³/mol. The standard InChI is InChI=1S/C50H45N/c1-8-51-47-41(27-35(49(2,3)4)29-43(47)45-37-21-13-9-17-31(37)25-32-18-10-14-22-38(32)45)42-28-36(50(5,6)7)30-44(48(42)51)46-39-23-15-11-19-33(39)26-34-20-12-16-24-40(34)46/h9-30H,8H2,1-7H3. The van der Waals surface area contributed by atoms with Crippen molar-refractivity contribution < 1.29 is 0 Å². The SMILES string of the molecule is CCn1c2c(-c3c4ccccc4cc4ccccc34)cc(C(C)(C)C)cc2c2cc(C(C)(C)C)cc(-c3c4ccccc4cc4ccccc34)c21. The molecule has 250 valence electrons. The molecular weight excluding hydrogens is 615 g/mol. The number of hydrogen-bond donors (Lipinski definition) is 0. The minimum atomic E-state index is -0.0414. The Morgan fingerprint density at radius 1 is 0.392 bits per heavy atom. The Morgan fingerprint density at radius 2 is 0.706 bits per heavy atom. The maximum atomic E-state index is 2.64. The summed E-state index contributed by atoms with van der Waals surface area (Å²) in [6.07, 6.45) is 0. The molecule has 9 aromatic rings. The molecule has 0 bridgehead atoms. The van der Waals surface area contributed by atoms with Gasteiger partial charge in [0.1, 0.15) is 0 Å². The molecule has 0 aliphatic rings. The third-order valence-electron chi connectivity index (χ3n) is 11.2. The summed E-state index contributed by atoms with van der Waals surface area (Å²) in [5, 5.41) is 13.0.